The van der Waals surface area contributed by atoms with Gasteiger partial charge in [0.15, 0.2) is 11.9 Å². The third kappa shape index (κ3) is 3.45. The molecule has 1 amide bonds. The summed E-state index contributed by atoms with van der Waals surface area (Å²) in [6.45, 7) is 6.31. The van der Waals surface area contributed by atoms with E-state index in [1.54, 1.807) is 23.2 Å². The molecule has 0 unspecified atom stereocenters. The van der Waals surface area contributed by atoms with E-state index in [4.69, 9.17) is 10.00 Å². The summed E-state index contributed by atoms with van der Waals surface area (Å²) in [7, 11) is 0. The fourth-order valence-corrected chi connectivity index (χ4v) is 5.52. The number of hydrogen-bond donors (Lipinski definition) is 0. The van der Waals surface area contributed by atoms with Crippen LogP contribution < -0.4 is 14.5 Å². The zero-order valence-electron chi connectivity index (χ0n) is 18.3. The highest BCUT2D eigenvalue weighted by atomic mass is 19.1. The summed E-state index contributed by atoms with van der Waals surface area (Å²) in [6, 6.07) is 6.61. The number of carbonyl (C=O) groups excluding carboxylic acids is 1. The molecule has 9 heteroatoms. The fraction of sp³-hybridized carbons (Fsp3) is 0.458. The van der Waals surface area contributed by atoms with Crippen LogP contribution in [0, 0.1) is 28.6 Å². The Balaban J connectivity index is 1.11. The summed E-state index contributed by atoms with van der Waals surface area (Å²) < 4.78 is 19.4. The third-order valence-corrected chi connectivity index (χ3v) is 7.17. The summed E-state index contributed by atoms with van der Waals surface area (Å²) in [5, 5.41) is 9.01. The molecule has 0 atom stereocenters. The molecule has 4 aliphatic heterocycles. The monoisotopic (exact) mass is 448 g/mol. The first-order valence-electron chi connectivity index (χ1n) is 11.3. The zero-order valence-corrected chi connectivity index (χ0v) is 18.3. The van der Waals surface area contributed by atoms with Crippen molar-refractivity contribution in [1.82, 2.24) is 14.8 Å². The molecular weight excluding hydrogens is 423 g/mol. The van der Waals surface area contributed by atoms with Crippen LogP contribution in [0.3, 0.4) is 0 Å². The fourth-order valence-electron chi connectivity index (χ4n) is 5.52. The Morgan fingerprint density at radius 2 is 2.00 bits per heavy atom. The van der Waals surface area contributed by atoms with Crippen molar-refractivity contribution in [3.63, 3.8) is 0 Å². The summed E-state index contributed by atoms with van der Waals surface area (Å²) >= 11 is 0. The number of fused-ring (bicyclic) bond motifs is 1. The molecule has 3 saturated heterocycles. The van der Waals surface area contributed by atoms with Gasteiger partial charge in [0.05, 0.1) is 24.9 Å². The first-order chi connectivity index (χ1) is 16.0. The van der Waals surface area contributed by atoms with E-state index >= 15 is 0 Å². The number of benzene rings is 1. The molecule has 1 aromatic heterocycles. The summed E-state index contributed by atoms with van der Waals surface area (Å²) in [4.78, 5) is 25.7. The van der Waals surface area contributed by atoms with Gasteiger partial charge < -0.3 is 19.4 Å². The highest BCUT2D eigenvalue weighted by molar-refractivity contribution is 5.98. The second-order valence-electron chi connectivity index (χ2n) is 9.68. The van der Waals surface area contributed by atoms with Crippen molar-refractivity contribution in [3.8, 4) is 11.9 Å². The van der Waals surface area contributed by atoms with E-state index in [2.05, 4.69) is 21.0 Å². The van der Waals surface area contributed by atoms with Gasteiger partial charge in [0.2, 0.25) is 5.91 Å². The lowest BCUT2D eigenvalue weighted by atomic mass is 9.73. The lowest BCUT2D eigenvalue weighted by Gasteiger charge is -2.59. The number of anilines is 2. The Hall–Kier alpha value is -3.38. The maximum atomic E-state index is 13.4. The SMILES string of the molecule is N#CN1CC2(C1)CN(c1cncc3c1OCCN3C(=O)C1CN(Cc3cccc(F)c3)C1)C2. The van der Waals surface area contributed by atoms with E-state index in [0.717, 1.165) is 48.9 Å². The molecule has 1 spiro atoms. The van der Waals surface area contributed by atoms with Crippen LogP contribution in [0.25, 0.3) is 0 Å². The molecule has 8 nitrogen and oxygen atoms in total. The third-order valence-electron chi connectivity index (χ3n) is 7.17. The number of nitriles is 1. The second kappa shape index (κ2) is 7.59. The zero-order chi connectivity index (χ0) is 22.6. The van der Waals surface area contributed by atoms with Gasteiger partial charge in [-0.2, -0.15) is 5.26 Å². The van der Waals surface area contributed by atoms with Gasteiger partial charge in [-0.3, -0.25) is 14.7 Å². The predicted octanol–water partition coefficient (Wildman–Crippen LogP) is 1.68. The smallest absolute Gasteiger partial charge is 0.232 e. The molecule has 1 aromatic carbocycles. The quantitative estimate of drug-likeness (QED) is 0.659. The van der Waals surface area contributed by atoms with E-state index in [9.17, 15) is 9.18 Å². The minimum Gasteiger partial charge on any atom is -0.487 e. The van der Waals surface area contributed by atoms with Crippen molar-refractivity contribution in [2.75, 3.05) is 62.2 Å². The molecule has 4 aliphatic rings. The average molecular weight is 449 g/mol. The van der Waals surface area contributed by atoms with Crippen LogP contribution in [0.4, 0.5) is 15.8 Å². The molecule has 0 bridgehead atoms. The van der Waals surface area contributed by atoms with Gasteiger partial charge in [-0.25, -0.2) is 4.39 Å². The number of carbonyl (C=O) groups is 1. The Kier molecular flexibility index (Phi) is 4.66. The van der Waals surface area contributed by atoms with Crippen LogP contribution in [0.5, 0.6) is 5.75 Å². The van der Waals surface area contributed by atoms with Gasteiger partial charge in [-0.15, -0.1) is 0 Å². The van der Waals surface area contributed by atoms with Gasteiger partial charge in [0.1, 0.15) is 23.8 Å². The van der Waals surface area contributed by atoms with E-state index in [0.29, 0.717) is 32.8 Å². The van der Waals surface area contributed by atoms with Crippen LogP contribution in [0.2, 0.25) is 0 Å². The first kappa shape index (κ1) is 20.2. The molecule has 170 valence electrons. The number of amides is 1. The number of aromatic nitrogens is 1. The van der Waals surface area contributed by atoms with Gasteiger partial charge in [0, 0.05) is 51.2 Å². The molecule has 0 N–H and O–H groups in total. The van der Waals surface area contributed by atoms with Crippen molar-refractivity contribution in [1.29, 1.82) is 5.26 Å². The van der Waals surface area contributed by atoms with Crippen LogP contribution in [0.15, 0.2) is 36.7 Å². The van der Waals surface area contributed by atoms with Crippen molar-refractivity contribution >= 4 is 17.3 Å². The van der Waals surface area contributed by atoms with Gasteiger partial charge >= 0.3 is 0 Å². The van der Waals surface area contributed by atoms with E-state index < -0.39 is 0 Å². The van der Waals surface area contributed by atoms with Crippen LogP contribution in [-0.2, 0) is 11.3 Å². The Morgan fingerprint density at radius 1 is 1.21 bits per heavy atom. The minimum absolute atomic E-state index is 0.0765. The average Bonchev–Trinajstić information content (AvgIpc) is 2.73. The van der Waals surface area contributed by atoms with Crippen molar-refractivity contribution < 1.29 is 13.9 Å². The highest BCUT2D eigenvalue weighted by Gasteiger charge is 2.52. The number of likely N-dealkylation sites (tertiary alicyclic amines) is 2. The largest absolute Gasteiger partial charge is 0.487 e. The molecule has 6 rings (SSSR count). The number of hydrogen-bond acceptors (Lipinski definition) is 7. The molecule has 0 saturated carbocycles. The normalized spacial score (nSPS) is 21.4. The highest BCUT2D eigenvalue weighted by Crippen LogP contribution is 2.47. The van der Waals surface area contributed by atoms with Gasteiger partial charge in [0.25, 0.3) is 0 Å². The van der Waals surface area contributed by atoms with E-state index in [1.165, 1.54) is 6.07 Å². The first-order valence-corrected chi connectivity index (χ1v) is 11.3. The van der Waals surface area contributed by atoms with Gasteiger partial charge in [-0.05, 0) is 17.7 Å². The number of pyridine rings is 1. The number of halogens is 1. The Labute approximate surface area is 191 Å². The van der Waals surface area contributed by atoms with Crippen molar-refractivity contribution in [3.05, 3.63) is 48.0 Å². The second-order valence-corrected chi connectivity index (χ2v) is 9.68. The van der Waals surface area contributed by atoms with Crippen LogP contribution in [0.1, 0.15) is 5.56 Å². The minimum atomic E-state index is -0.235. The van der Waals surface area contributed by atoms with Crippen LogP contribution >= 0.6 is 0 Å². The lowest BCUT2D eigenvalue weighted by molar-refractivity contribution is -0.128. The van der Waals surface area contributed by atoms with Crippen LogP contribution in [-0.4, -0.2) is 73.1 Å². The van der Waals surface area contributed by atoms with Gasteiger partial charge in [-0.1, -0.05) is 12.1 Å². The van der Waals surface area contributed by atoms with E-state index in [1.807, 2.05) is 17.2 Å². The maximum Gasteiger partial charge on any atom is 0.232 e. The molecule has 33 heavy (non-hydrogen) atoms. The predicted molar refractivity (Wildman–Crippen MR) is 119 cm³/mol. The molecule has 0 aliphatic carbocycles. The molecule has 3 fully saturated rings. The summed E-state index contributed by atoms with van der Waals surface area (Å²) in [5.74, 6) is 0.513. The van der Waals surface area contributed by atoms with E-state index in [-0.39, 0.29) is 23.1 Å². The number of nitrogens with zero attached hydrogens (tertiary/aromatic N) is 6. The molecular formula is C24H25FN6O2. The molecule has 5 heterocycles. The standard InChI is InChI=1S/C24H25FN6O2/c25-19-3-1-2-17(6-19)9-28-10-18(11-28)23(32)31-4-5-33-22-20(7-27-8-21(22)31)30-14-24(15-30)12-29(13-24)16-26/h1-3,6-8,18H,4-5,9-15H2. The van der Waals surface area contributed by atoms with Crippen molar-refractivity contribution in [2.24, 2.45) is 11.3 Å². The Morgan fingerprint density at radius 3 is 2.76 bits per heavy atom. The summed E-state index contributed by atoms with van der Waals surface area (Å²) in [6.07, 6.45) is 5.73. The summed E-state index contributed by atoms with van der Waals surface area (Å²) in [5.41, 5.74) is 2.77. The van der Waals surface area contributed by atoms with Crippen molar-refractivity contribution in [2.45, 2.75) is 6.54 Å². The molecule has 0 radical (unpaired) electrons. The number of ether oxygens (including phenoxy) is 1. The Bertz CT molecular complexity index is 1130. The number of rotatable bonds is 4. The topological polar surface area (TPSA) is 75.9 Å². The molecule has 2 aromatic rings. The maximum absolute atomic E-state index is 13.4. The lowest BCUT2D eigenvalue weighted by Crippen LogP contribution is -2.71.